The molecule has 0 aliphatic carbocycles. The van der Waals surface area contributed by atoms with Gasteiger partial charge in [0.15, 0.2) is 0 Å². The number of unbranched alkanes of at least 4 members (excludes halogenated alkanes) is 1. The van der Waals surface area contributed by atoms with Crippen molar-refractivity contribution < 1.29 is 14.3 Å². The zero-order valence-electron chi connectivity index (χ0n) is 17.8. The number of carbonyl (C=O) groups excluding carboxylic acids is 2. The number of amides is 3. The SMILES string of the molecule is COCCCCN(Cc1ccccc1)C(=O)Nc1cc(C(=O)N(C)C)ccc1C. The van der Waals surface area contributed by atoms with Gasteiger partial charge in [0, 0.05) is 52.2 Å². The highest BCUT2D eigenvalue weighted by molar-refractivity contribution is 5.97. The summed E-state index contributed by atoms with van der Waals surface area (Å²) in [7, 11) is 5.10. The molecule has 0 bridgehead atoms. The summed E-state index contributed by atoms with van der Waals surface area (Å²) >= 11 is 0. The number of anilines is 1. The second-order valence-corrected chi connectivity index (χ2v) is 7.27. The molecule has 0 aliphatic heterocycles. The van der Waals surface area contributed by atoms with Crippen LogP contribution in [0.25, 0.3) is 0 Å². The van der Waals surface area contributed by atoms with E-state index >= 15 is 0 Å². The summed E-state index contributed by atoms with van der Waals surface area (Å²) in [6.07, 6.45) is 1.74. The van der Waals surface area contributed by atoms with Crippen LogP contribution in [0.3, 0.4) is 0 Å². The van der Waals surface area contributed by atoms with Crippen LogP contribution in [-0.4, -0.2) is 56.1 Å². The Bertz CT molecular complexity index is 806. The van der Waals surface area contributed by atoms with Crippen LogP contribution in [0.4, 0.5) is 10.5 Å². The van der Waals surface area contributed by atoms with E-state index in [1.54, 1.807) is 38.2 Å². The summed E-state index contributed by atoms with van der Waals surface area (Å²) in [6, 6.07) is 15.1. The van der Waals surface area contributed by atoms with Gasteiger partial charge in [-0.05, 0) is 43.0 Å². The van der Waals surface area contributed by atoms with Crippen molar-refractivity contribution in [3.63, 3.8) is 0 Å². The van der Waals surface area contributed by atoms with Crippen molar-refractivity contribution in [3.05, 3.63) is 65.2 Å². The molecule has 2 aromatic rings. The standard InChI is InChI=1S/C23H31N3O3/c1-18-12-13-20(22(27)25(2)3)16-21(18)24-23(28)26(14-8-9-15-29-4)17-19-10-6-5-7-11-19/h5-7,10-13,16H,8-9,14-15,17H2,1-4H3,(H,24,28). The molecule has 6 nitrogen and oxygen atoms in total. The highest BCUT2D eigenvalue weighted by atomic mass is 16.5. The summed E-state index contributed by atoms with van der Waals surface area (Å²) in [4.78, 5) is 28.6. The topological polar surface area (TPSA) is 61.9 Å². The molecule has 0 aromatic heterocycles. The molecule has 0 unspecified atom stereocenters. The van der Waals surface area contributed by atoms with E-state index < -0.39 is 0 Å². The molecule has 0 fully saturated rings. The summed E-state index contributed by atoms with van der Waals surface area (Å²) < 4.78 is 5.11. The smallest absolute Gasteiger partial charge is 0.322 e. The number of nitrogens with zero attached hydrogens (tertiary/aromatic N) is 2. The minimum atomic E-state index is -0.177. The molecular weight excluding hydrogens is 366 g/mol. The number of ether oxygens (including phenoxy) is 1. The summed E-state index contributed by atoms with van der Waals surface area (Å²) in [6.45, 7) is 3.74. The lowest BCUT2D eigenvalue weighted by Crippen LogP contribution is -2.35. The molecule has 1 N–H and O–H groups in total. The minimum Gasteiger partial charge on any atom is -0.385 e. The number of hydrogen-bond donors (Lipinski definition) is 1. The average Bonchev–Trinajstić information content (AvgIpc) is 2.72. The lowest BCUT2D eigenvalue weighted by molar-refractivity contribution is 0.0827. The molecule has 0 spiro atoms. The maximum atomic E-state index is 13.0. The average molecular weight is 398 g/mol. The monoisotopic (exact) mass is 397 g/mol. The molecule has 3 amide bonds. The van der Waals surface area contributed by atoms with Gasteiger partial charge in [-0.2, -0.15) is 0 Å². The maximum absolute atomic E-state index is 13.0. The van der Waals surface area contributed by atoms with E-state index in [0.29, 0.717) is 30.9 Å². The summed E-state index contributed by atoms with van der Waals surface area (Å²) in [5, 5.41) is 2.99. The van der Waals surface area contributed by atoms with Crippen LogP contribution in [0.5, 0.6) is 0 Å². The molecule has 2 rings (SSSR count). The Morgan fingerprint density at radius 3 is 2.41 bits per heavy atom. The lowest BCUT2D eigenvalue weighted by atomic mass is 10.1. The Balaban J connectivity index is 2.15. The first-order chi connectivity index (χ1) is 13.9. The molecule has 2 aromatic carbocycles. The number of aryl methyl sites for hydroxylation is 1. The number of rotatable bonds is 9. The van der Waals surface area contributed by atoms with Gasteiger partial charge < -0.3 is 19.9 Å². The largest absolute Gasteiger partial charge is 0.385 e. The number of nitrogens with one attached hydrogen (secondary N) is 1. The Kier molecular flexibility index (Phi) is 8.68. The second kappa shape index (κ2) is 11.2. The minimum absolute atomic E-state index is 0.0961. The maximum Gasteiger partial charge on any atom is 0.322 e. The van der Waals surface area contributed by atoms with Crippen molar-refractivity contribution in [2.45, 2.75) is 26.3 Å². The van der Waals surface area contributed by atoms with Crippen molar-refractivity contribution >= 4 is 17.6 Å². The normalized spacial score (nSPS) is 10.5. The fraction of sp³-hybridized carbons (Fsp3) is 0.391. The van der Waals surface area contributed by atoms with E-state index in [1.165, 1.54) is 4.90 Å². The zero-order chi connectivity index (χ0) is 21.2. The van der Waals surface area contributed by atoms with E-state index in [2.05, 4.69) is 5.32 Å². The van der Waals surface area contributed by atoms with Crippen LogP contribution >= 0.6 is 0 Å². The van der Waals surface area contributed by atoms with Crippen LogP contribution in [0.2, 0.25) is 0 Å². The highest BCUT2D eigenvalue weighted by Crippen LogP contribution is 2.19. The number of urea groups is 1. The number of benzene rings is 2. The quantitative estimate of drug-likeness (QED) is 0.647. The molecule has 156 valence electrons. The van der Waals surface area contributed by atoms with Crippen LogP contribution in [0, 0.1) is 6.92 Å². The predicted octanol–water partition coefficient (Wildman–Crippen LogP) is 4.16. The van der Waals surface area contributed by atoms with E-state index in [4.69, 9.17) is 4.74 Å². The molecule has 6 heteroatoms. The van der Waals surface area contributed by atoms with Crippen LogP contribution < -0.4 is 5.32 Å². The van der Waals surface area contributed by atoms with Gasteiger partial charge in [0.2, 0.25) is 0 Å². The molecule has 0 radical (unpaired) electrons. The molecule has 0 atom stereocenters. The predicted molar refractivity (Wildman–Crippen MR) is 116 cm³/mol. The third-order valence-electron chi connectivity index (χ3n) is 4.66. The van der Waals surface area contributed by atoms with E-state index in [0.717, 1.165) is 24.0 Å². The van der Waals surface area contributed by atoms with Gasteiger partial charge in [-0.1, -0.05) is 36.4 Å². The first-order valence-electron chi connectivity index (χ1n) is 9.83. The number of carbonyl (C=O) groups is 2. The van der Waals surface area contributed by atoms with Gasteiger partial charge in [0.05, 0.1) is 0 Å². The van der Waals surface area contributed by atoms with Crippen LogP contribution in [0.15, 0.2) is 48.5 Å². The van der Waals surface area contributed by atoms with E-state index in [-0.39, 0.29) is 11.9 Å². The zero-order valence-corrected chi connectivity index (χ0v) is 17.8. The Morgan fingerprint density at radius 2 is 1.76 bits per heavy atom. The highest BCUT2D eigenvalue weighted by Gasteiger charge is 2.16. The van der Waals surface area contributed by atoms with Crippen molar-refractivity contribution in [1.29, 1.82) is 0 Å². The van der Waals surface area contributed by atoms with Gasteiger partial charge in [-0.3, -0.25) is 4.79 Å². The van der Waals surface area contributed by atoms with Crippen molar-refractivity contribution in [3.8, 4) is 0 Å². The van der Waals surface area contributed by atoms with Crippen LogP contribution in [-0.2, 0) is 11.3 Å². The van der Waals surface area contributed by atoms with E-state index in [9.17, 15) is 9.59 Å². The fourth-order valence-corrected chi connectivity index (χ4v) is 2.95. The lowest BCUT2D eigenvalue weighted by Gasteiger charge is -2.24. The Morgan fingerprint density at radius 1 is 1.03 bits per heavy atom. The molecular formula is C23H31N3O3. The third kappa shape index (κ3) is 6.91. The van der Waals surface area contributed by atoms with Crippen molar-refractivity contribution in [2.75, 3.05) is 39.7 Å². The summed E-state index contributed by atoms with van der Waals surface area (Å²) in [5.41, 5.74) is 3.18. The molecule has 0 heterocycles. The number of hydrogen-bond acceptors (Lipinski definition) is 3. The van der Waals surface area contributed by atoms with Crippen molar-refractivity contribution in [1.82, 2.24) is 9.80 Å². The van der Waals surface area contributed by atoms with E-state index in [1.807, 2.05) is 43.3 Å². The van der Waals surface area contributed by atoms with Gasteiger partial charge in [0.1, 0.15) is 0 Å². The first kappa shape index (κ1) is 22.4. The second-order valence-electron chi connectivity index (χ2n) is 7.27. The first-order valence-corrected chi connectivity index (χ1v) is 9.83. The van der Waals surface area contributed by atoms with Gasteiger partial charge >= 0.3 is 6.03 Å². The van der Waals surface area contributed by atoms with Gasteiger partial charge in [-0.25, -0.2) is 4.79 Å². The molecule has 0 aliphatic rings. The summed E-state index contributed by atoms with van der Waals surface area (Å²) in [5.74, 6) is -0.0961. The van der Waals surface area contributed by atoms with Gasteiger partial charge in [-0.15, -0.1) is 0 Å². The Hall–Kier alpha value is -2.86. The number of methoxy groups -OCH3 is 1. The molecule has 29 heavy (non-hydrogen) atoms. The van der Waals surface area contributed by atoms with Crippen LogP contribution in [0.1, 0.15) is 34.3 Å². The van der Waals surface area contributed by atoms with Crippen molar-refractivity contribution in [2.24, 2.45) is 0 Å². The third-order valence-corrected chi connectivity index (χ3v) is 4.66. The molecule has 0 saturated carbocycles. The fourth-order valence-electron chi connectivity index (χ4n) is 2.95. The van der Waals surface area contributed by atoms with Gasteiger partial charge in [0.25, 0.3) is 5.91 Å². The molecule has 0 saturated heterocycles. The Labute approximate surface area is 173 Å².